The summed E-state index contributed by atoms with van der Waals surface area (Å²) in [5.74, 6) is 7.15. The van der Waals surface area contributed by atoms with Crippen molar-refractivity contribution in [2.45, 2.75) is 118 Å². The lowest BCUT2D eigenvalue weighted by atomic mass is 9.44. The first-order chi connectivity index (χ1) is 12.9. The molecule has 0 saturated heterocycles. The van der Waals surface area contributed by atoms with Gasteiger partial charge < -0.3 is 0 Å². The van der Waals surface area contributed by atoms with Gasteiger partial charge in [-0.2, -0.15) is 0 Å². The number of hydrogen-bond acceptors (Lipinski definition) is 0. The van der Waals surface area contributed by atoms with Crippen molar-refractivity contribution in [3.63, 3.8) is 0 Å². The van der Waals surface area contributed by atoms with Gasteiger partial charge in [-0.1, -0.05) is 66.7 Å². The molecule has 4 rings (SSSR count). The maximum atomic E-state index is 2.75. The second-order valence-electron chi connectivity index (χ2n) is 12.4. The zero-order chi connectivity index (χ0) is 19.2. The van der Waals surface area contributed by atoms with Crippen LogP contribution >= 0.6 is 0 Å². The minimum atomic E-state index is 0.677. The zero-order valence-corrected chi connectivity index (χ0v) is 19.2. The molecule has 156 valence electrons. The van der Waals surface area contributed by atoms with E-state index in [2.05, 4.69) is 34.6 Å². The van der Waals surface area contributed by atoms with Crippen LogP contribution < -0.4 is 0 Å². The molecule has 0 nitrogen and oxygen atoms in total. The Morgan fingerprint density at radius 2 is 1.52 bits per heavy atom. The Kier molecular flexibility index (Phi) is 5.77. The van der Waals surface area contributed by atoms with Crippen LogP contribution in [0.25, 0.3) is 0 Å². The lowest BCUT2D eigenvalue weighted by Gasteiger charge is -2.61. The molecule has 0 aromatic carbocycles. The van der Waals surface area contributed by atoms with Crippen LogP contribution in [-0.4, -0.2) is 0 Å². The molecule has 4 aliphatic rings. The summed E-state index contributed by atoms with van der Waals surface area (Å²) in [5, 5.41) is 0. The highest BCUT2D eigenvalue weighted by Gasteiger charge is 2.59. The Labute approximate surface area is 170 Å². The van der Waals surface area contributed by atoms with Gasteiger partial charge in [0.15, 0.2) is 0 Å². The SMILES string of the molecule is CC(C)CCC[C@@H](C)[C@@H]1CC[C@@H]2C3CC[C@H]4CCCC[C@]4(C)C3CC[C@@]21C. The van der Waals surface area contributed by atoms with E-state index in [0.717, 1.165) is 41.4 Å². The van der Waals surface area contributed by atoms with Crippen LogP contribution in [0.1, 0.15) is 118 Å². The molecule has 0 aliphatic heterocycles. The van der Waals surface area contributed by atoms with E-state index in [9.17, 15) is 0 Å². The zero-order valence-electron chi connectivity index (χ0n) is 19.2. The van der Waals surface area contributed by atoms with Crippen molar-refractivity contribution < 1.29 is 0 Å². The van der Waals surface area contributed by atoms with E-state index >= 15 is 0 Å². The second kappa shape index (κ2) is 7.68. The highest BCUT2D eigenvalue weighted by Crippen LogP contribution is 2.68. The Balaban J connectivity index is 1.46. The van der Waals surface area contributed by atoms with E-state index in [-0.39, 0.29) is 0 Å². The van der Waals surface area contributed by atoms with Gasteiger partial charge in [0.1, 0.15) is 0 Å². The molecule has 0 spiro atoms. The second-order valence-corrected chi connectivity index (χ2v) is 12.4. The highest BCUT2D eigenvalue weighted by molar-refractivity contribution is 5.09. The van der Waals surface area contributed by atoms with E-state index in [1.54, 1.807) is 51.4 Å². The van der Waals surface area contributed by atoms with E-state index in [4.69, 9.17) is 0 Å². The van der Waals surface area contributed by atoms with Gasteiger partial charge in [-0.05, 0) is 104 Å². The first-order valence-corrected chi connectivity index (χ1v) is 12.9. The van der Waals surface area contributed by atoms with Crippen LogP contribution in [0.4, 0.5) is 0 Å². The molecule has 0 aromatic rings. The van der Waals surface area contributed by atoms with Crippen molar-refractivity contribution in [3.8, 4) is 0 Å². The Morgan fingerprint density at radius 1 is 0.741 bits per heavy atom. The molecule has 0 heterocycles. The fourth-order valence-electron chi connectivity index (χ4n) is 9.32. The summed E-state index contributed by atoms with van der Waals surface area (Å²) in [6.07, 6.45) is 19.9. The van der Waals surface area contributed by atoms with Crippen molar-refractivity contribution in [3.05, 3.63) is 0 Å². The monoisotopic (exact) mass is 372 g/mol. The van der Waals surface area contributed by atoms with Gasteiger partial charge >= 0.3 is 0 Å². The smallest absolute Gasteiger partial charge is 0.0264 e. The van der Waals surface area contributed by atoms with Crippen molar-refractivity contribution in [2.24, 2.45) is 52.3 Å². The highest BCUT2D eigenvalue weighted by atomic mass is 14.6. The van der Waals surface area contributed by atoms with Gasteiger partial charge in [-0.3, -0.25) is 0 Å². The van der Waals surface area contributed by atoms with Crippen molar-refractivity contribution in [1.29, 1.82) is 0 Å². The van der Waals surface area contributed by atoms with Gasteiger partial charge in [0.25, 0.3) is 0 Å². The molecule has 0 amide bonds. The van der Waals surface area contributed by atoms with Crippen LogP contribution in [0.2, 0.25) is 0 Å². The third kappa shape index (κ3) is 3.44. The molecule has 27 heavy (non-hydrogen) atoms. The minimum absolute atomic E-state index is 0.677. The van der Waals surface area contributed by atoms with Crippen molar-refractivity contribution in [1.82, 2.24) is 0 Å². The predicted octanol–water partition coefficient (Wildman–Crippen LogP) is 8.50. The van der Waals surface area contributed by atoms with Gasteiger partial charge in [0.05, 0.1) is 0 Å². The lowest BCUT2D eigenvalue weighted by molar-refractivity contribution is -0.114. The third-order valence-corrected chi connectivity index (χ3v) is 10.8. The van der Waals surface area contributed by atoms with Crippen LogP contribution in [0, 0.1) is 52.3 Å². The first kappa shape index (κ1) is 20.3. The summed E-state index contributed by atoms with van der Waals surface area (Å²) in [6.45, 7) is 12.9. The summed E-state index contributed by atoms with van der Waals surface area (Å²) in [5.41, 5.74) is 1.39. The van der Waals surface area contributed by atoms with E-state index in [0.29, 0.717) is 10.8 Å². The van der Waals surface area contributed by atoms with Crippen molar-refractivity contribution in [2.75, 3.05) is 0 Å². The minimum Gasteiger partial charge on any atom is -0.0628 e. The van der Waals surface area contributed by atoms with Crippen LogP contribution in [0.5, 0.6) is 0 Å². The fourth-order valence-corrected chi connectivity index (χ4v) is 9.32. The molecule has 0 N–H and O–H groups in total. The summed E-state index contributed by atoms with van der Waals surface area (Å²) >= 11 is 0. The molecule has 4 saturated carbocycles. The molecule has 0 aromatic heterocycles. The summed E-state index contributed by atoms with van der Waals surface area (Å²) < 4.78 is 0. The van der Waals surface area contributed by atoms with Crippen molar-refractivity contribution >= 4 is 0 Å². The van der Waals surface area contributed by atoms with Gasteiger partial charge in [0, 0.05) is 0 Å². The van der Waals surface area contributed by atoms with Crippen LogP contribution in [-0.2, 0) is 0 Å². The lowest BCUT2D eigenvalue weighted by Crippen LogP contribution is -2.53. The molecule has 2 unspecified atom stereocenters. The average molecular weight is 373 g/mol. The quantitative estimate of drug-likeness (QED) is 0.453. The summed E-state index contributed by atoms with van der Waals surface area (Å²) in [4.78, 5) is 0. The number of fused-ring (bicyclic) bond motifs is 5. The topological polar surface area (TPSA) is 0 Å². The molecule has 0 radical (unpaired) electrons. The summed E-state index contributed by atoms with van der Waals surface area (Å²) in [7, 11) is 0. The van der Waals surface area contributed by atoms with E-state index in [1.807, 2.05) is 0 Å². The Morgan fingerprint density at radius 3 is 2.30 bits per heavy atom. The van der Waals surface area contributed by atoms with Crippen LogP contribution in [0.15, 0.2) is 0 Å². The molecule has 0 bridgehead atoms. The number of rotatable bonds is 5. The molecule has 8 atom stereocenters. The molecular formula is C27H48. The normalized spacial score (nSPS) is 48.0. The largest absolute Gasteiger partial charge is 0.0628 e. The maximum Gasteiger partial charge on any atom is -0.0264 e. The first-order valence-electron chi connectivity index (χ1n) is 12.9. The average Bonchev–Trinajstić information content (AvgIpc) is 2.98. The molecule has 4 aliphatic carbocycles. The van der Waals surface area contributed by atoms with Crippen LogP contribution in [0.3, 0.4) is 0 Å². The molecule has 4 fully saturated rings. The molecular weight excluding hydrogens is 324 g/mol. The van der Waals surface area contributed by atoms with Gasteiger partial charge in [-0.15, -0.1) is 0 Å². The number of hydrogen-bond donors (Lipinski definition) is 0. The van der Waals surface area contributed by atoms with E-state index < -0.39 is 0 Å². The molecule has 0 heteroatoms. The maximum absolute atomic E-state index is 2.75. The summed E-state index contributed by atoms with van der Waals surface area (Å²) in [6, 6.07) is 0. The predicted molar refractivity (Wildman–Crippen MR) is 118 cm³/mol. The Bertz CT molecular complexity index is 506. The van der Waals surface area contributed by atoms with Gasteiger partial charge in [-0.25, -0.2) is 0 Å². The third-order valence-electron chi connectivity index (χ3n) is 10.8. The standard InChI is InChI=1S/C27H48/c1-19(2)9-8-10-20(3)23-14-15-24-22-13-12-21-11-6-7-17-26(21,4)25(22)16-18-27(23,24)5/h19-25H,6-18H2,1-5H3/t20-,21-,22?,23+,24-,25?,26+,27-/m1/s1. The Hall–Kier alpha value is 0. The van der Waals surface area contributed by atoms with Gasteiger partial charge in [0.2, 0.25) is 0 Å². The fraction of sp³-hybridized carbons (Fsp3) is 1.00. The van der Waals surface area contributed by atoms with E-state index in [1.165, 1.54) is 32.1 Å².